The summed E-state index contributed by atoms with van der Waals surface area (Å²) in [6, 6.07) is 4.23. The lowest BCUT2D eigenvalue weighted by Crippen LogP contribution is -1.98. The SMILES string of the molecule is CC(C)c1cccc([N+](=O)[O-])c1F. The lowest BCUT2D eigenvalue weighted by Gasteiger charge is -2.05. The van der Waals surface area contributed by atoms with E-state index in [9.17, 15) is 14.5 Å². The second-order valence-corrected chi connectivity index (χ2v) is 3.09. The van der Waals surface area contributed by atoms with Gasteiger partial charge in [0.05, 0.1) is 4.92 Å². The maximum Gasteiger partial charge on any atom is 0.305 e. The van der Waals surface area contributed by atoms with Gasteiger partial charge in [0.15, 0.2) is 0 Å². The summed E-state index contributed by atoms with van der Waals surface area (Å²) < 4.78 is 13.3. The molecule has 1 aromatic carbocycles. The highest BCUT2D eigenvalue weighted by molar-refractivity contribution is 5.37. The van der Waals surface area contributed by atoms with Crippen LogP contribution in [0, 0.1) is 15.9 Å². The zero-order chi connectivity index (χ0) is 10.0. The standard InChI is InChI=1S/C9H10FNO2/c1-6(2)7-4-3-5-8(9(7)10)11(12)13/h3-6H,1-2H3. The third kappa shape index (κ3) is 1.83. The molecule has 0 spiro atoms. The second-order valence-electron chi connectivity index (χ2n) is 3.09. The smallest absolute Gasteiger partial charge is 0.258 e. The molecule has 0 fully saturated rings. The van der Waals surface area contributed by atoms with E-state index in [1.807, 2.05) is 0 Å². The predicted molar refractivity (Wildman–Crippen MR) is 47.1 cm³/mol. The lowest BCUT2D eigenvalue weighted by atomic mass is 10.0. The number of nitro benzene ring substituents is 1. The normalized spacial score (nSPS) is 10.5. The molecule has 1 rings (SSSR count). The minimum absolute atomic E-state index is 0.0418. The summed E-state index contributed by atoms with van der Waals surface area (Å²) in [6.45, 7) is 3.59. The number of rotatable bonds is 2. The monoisotopic (exact) mass is 183 g/mol. The molecule has 0 aliphatic carbocycles. The molecule has 1 aromatic rings. The fraction of sp³-hybridized carbons (Fsp3) is 0.333. The van der Waals surface area contributed by atoms with Crippen molar-refractivity contribution >= 4 is 5.69 Å². The van der Waals surface area contributed by atoms with Crippen LogP contribution >= 0.6 is 0 Å². The van der Waals surface area contributed by atoms with Crippen molar-refractivity contribution < 1.29 is 9.31 Å². The molecular weight excluding hydrogens is 173 g/mol. The number of benzene rings is 1. The van der Waals surface area contributed by atoms with Crippen LogP contribution in [0.5, 0.6) is 0 Å². The van der Waals surface area contributed by atoms with Crippen molar-refractivity contribution in [1.82, 2.24) is 0 Å². The lowest BCUT2D eigenvalue weighted by molar-refractivity contribution is -0.387. The third-order valence-corrected chi connectivity index (χ3v) is 1.83. The van der Waals surface area contributed by atoms with Gasteiger partial charge in [0.2, 0.25) is 5.82 Å². The van der Waals surface area contributed by atoms with Crippen molar-refractivity contribution in [2.24, 2.45) is 0 Å². The second kappa shape index (κ2) is 3.51. The van der Waals surface area contributed by atoms with Gasteiger partial charge >= 0.3 is 5.69 Å². The average molecular weight is 183 g/mol. The minimum atomic E-state index is -0.720. The number of nitro groups is 1. The van der Waals surface area contributed by atoms with Crippen molar-refractivity contribution in [3.63, 3.8) is 0 Å². The van der Waals surface area contributed by atoms with Crippen LogP contribution in [0.2, 0.25) is 0 Å². The van der Waals surface area contributed by atoms with Crippen molar-refractivity contribution in [3.8, 4) is 0 Å². The first kappa shape index (κ1) is 9.64. The summed E-state index contributed by atoms with van der Waals surface area (Å²) >= 11 is 0. The van der Waals surface area contributed by atoms with Crippen LogP contribution in [0.15, 0.2) is 18.2 Å². The van der Waals surface area contributed by atoms with Crippen molar-refractivity contribution in [2.75, 3.05) is 0 Å². The Morgan fingerprint density at radius 3 is 2.54 bits per heavy atom. The molecule has 0 saturated carbocycles. The molecule has 0 radical (unpaired) electrons. The minimum Gasteiger partial charge on any atom is -0.258 e. The Balaban J connectivity index is 3.26. The summed E-state index contributed by atoms with van der Waals surface area (Å²) in [7, 11) is 0. The maximum absolute atomic E-state index is 13.3. The highest BCUT2D eigenvalue weighted by Gasteiger charge is 2.18. The molecule has 0 atom stereocenters. The first-order valence-electron chi connectivity index (χ1n) is 3.97. The Bertz CT molecular complexity index is 336. The van der Waals surface area contributed by atoms with Gasteiger partial charge in [-0.25, -0.2) is 0 Å². The first-order chi connectivity index (χ1) is 6.04. The van der Waals surface area contributed by atoms with Crippen molar-refractivity contribution in [1.29, 1.82) is 0 Å². The molecule has 0 bridgehead atoms. The van der Waals surface area contributed by atoms with Crippen LogP contribution in [0.3, 0.4) is 0 Å². The highest BCUT2D eigenvalue weighted by atomic mass is 19.1. The maximum atomic E-state index is 13.3. The van der Waals surface area contributed by atoms with Gasteiger partial charge in [-0.2, -0.15) is 4.39 Å². The van der Waals surface area contributed by atoms with Crippen LogP contribution < -0.4 is 0 Å². The number of hydrogen-bond donors (Lipinski definition) is 0. The molecule has 0 heterocycles. The summed E-state index contributed by atoms with van der Waals surface area (Å²) in [5, 5.41) is 10.4. The Hall–Kier alpha value is -1.45. The summed E-state index contributed by atoms with van der Waals surface area (Å²) in [4.78, 5) is 9.66. The van der Waals surface area contributed by atoms with E-state index in [0.29, 0.717) is 5.56 Å². The predicted octanol–water partition coefficient (Wildman–Crippen LogP) is 2.86. The van der Waals surface area contributed by atoms with Gasteiger partial charge in [-0.05, 0) is 11.5 Å². The average Bonchev–Trinajstić information content (AvgIpc) is 2.03. The Morgan fingerprint density at radius 1 is 1.46 bits per heavy atom. The fourth-order valence-electron chi connectivity index (χ4n) is 1.12. The molecule has 0 amide bonds. The number of halogens is 1. The van der Waals surface area contributed by atoms with E-state index in [0.717, 1.165) is 0 Å². The van der Waals surface area contributed by atoms with Gasteiger partial charge < -0.3 is 0 Å². The summed E-state index contributed by atoms with van der Waals surface area (Å²) in [5.74, 6) is -0.762. The molecule has 0 aliphatic rings. The molecule has 0 aromatic heterocycles. The van der Waals surface area contributed by atoms with Crippen LogP contribution in [0.1, 0.15) is 25.3 Å². The van der Waals surface area contributed by atoms with E-state index in [-0.39, 0.29) is 5.92 Å². The van der Waals surface area contributed by atoms with E-state index < -0.39 is 16.4 Å². The van der Waals surface area contributed by atoms with Crippen LogP contribution in [-0.4, -0.2) is 4.92 Å². The van der Waals surface area contributed by atoms with Crippen LogP contribution in [0.25, 0.3) is 0 Å². The van der Waals surface area contributed by atoms with Crippen molar-refractivity contribution in [3.05, 3.63) is 39.7 Å². The molecule has 13 heavy (non-hydrogen) atoms. The molecule has 0 unspecified atom stereocenters. The highest BCUT2D eigenvalue weighted by Crippen LogP contribution is 2.25. The quantitative estimate of drug-likeness (QED) is 0.522. The van der Waals surface area contributed by atoms with Gasteiger partial charge in [0.25, 0.3) is 0 Å². The van der Waals surface area contributed by atoms with E-state index in [4.69, 9.17) is 0 Å². The molecule has 0 saturated heterocycles. The van der Waals surface area contributed by atoms with E-state index in [1.54, 1.807) is 19.9 Å². The molecule has 70 valence electrons. The van der Waals surface area contributed by atoms with Gasteiger partial charge in [-0.1, -0.05) is 26.0 Å². The Labute approximate surface area is 75.3 Å². The Kier molecular flexibility index (Phi) is 2.60. The summed E-state index contributed by atoms with van der Waals surface area (Å²) in [5.41, 5.74) is -0.0691. The molecule has 3 nitrogen and oxygen atoms in total. The van der Waals surface area contributed by atoms with Gasteiger partial charge in [-0.15, -0.1) is 0 Å². The molecule has 0 N–H and O–H groups in total. The zero-order valence-corrected chi connectivity index (χ0v) is 7.45. The summed E-state index contributed by atoms with van der Waals surface area (Å²) in [6.07, 6.45) is 0. The number of nitrogens with zero attached hydrogens (tertiary/aromatic N) is 1. The van der Waals surface area contributed by atoms with Gasteiger partial charge in [-0.3, -0.25) is 10.1 Å². The van der Waals surface area contributed by atoms with E-state index in [2.05, 4.69) is 0 Å². The fourth-order valence-corrected chi connectivity index (χ4v) is 1.12. The molecule has 4 heteroatoms. The van der Waals surface area contributed by atoms with Gasteiger partial charge in [0.1, 0.15) is 0 Å². The zero-order valence-electron chi connectivity index (χ0n) is 7.45. The largest absolute Gasteiger partial charge is 0.305 e. The van der Waals surface area contributed by atoms with Gasteiger partial charge in [0, 0.05) is 6.07 Å². The van der Waals surface area contributed by atoms with E-state index >= 15 is 0 Å². The Morgan fingerprint density at radius 2 is 2.08 bits per heavy atom. The first-order valence-corrected chi connectivity index (χ1v) is 3.97. The topological polar surface area (TPSA) is 43.1 Å². The van der Waals surface area contributed by atoms with Crippen LogP contribution in [0.4, 0.5) is 10.1 Å². The molecule has 0 aliphatic heterocycles. The van der Waals surface area contributed by atoms with E-state index in [1.165, 1.54) is 12.1 Å². The third-order valence-electron chi connectivity index (χ3n) is 1.83. The molecular formula is C9H10FNO2. The van der Waals surface area contributed by atoms with Crippen molar-refractivity contribution in [2.45, 2.75) is 19.8 Å². The number of hydrogen-bond acceptors (Lipinski definition) is 2. The van der Waals surface area contributed by atoms with Crippen LogP contribution in [-0.2, 0) is 0 Å².